The van der Waals surface area contributed by atoms with E-state index in [1.54, 1.807) is 19.1 Å². The average Bonchev–Trinajstić information content (AvgIpc) is 2.75. The van der Waals surface area contributed by atoms with Crippen molar-refractivity contribution >= 4 is 20.0 Å². The third-order valence-corrected chi connectivity index (χ3v) is 9.85. The van der Waals surface area contributed by atoms with E-state index >= 15 is 0 Å². The summed E-state index contributed by atoms with van der Waals surface area (Å²) in [5.41, 5.74) is 1.20. The molecule has 1 aliphatic heterocycles. The van der Waals surface area contributed by atoms with E-state index in [1.165, 1.54) is 33.4 Å². The second-order valence-corrected chi connectivity index (χ2v) is 11.9. The second-order valence-electron chi connectivity index (χ2n) is 7.87. The molecular weight excluding hydrogens is 410 g/mol. The highest BCUT2D eigenvalue weighted by Crippen LogP contribution is 2.33. The lowest BCUT2D eigenvalue weighted by molar-refractivity contribution is 0.357. The van der Waals surface area contributed by atoms with Gasteiger partial charge in [-0.25, -0.2) is 16.8 Å². The fourth-order valence-electron chi connectivity index (χ4n) is 4.21. The third kappa shape index (κ3) is 5.58. The molecule has 0 amide bonds. The summed E-state index contributed by atoms with van der Waals surface area (Å²) in [5, 5.41) is 3.12. The molecule has 1 aromatic rings. The zero-order chi connectivity index (χ0) is 20.9. The highest BCUT2D eigenvalue weighted by molar-refractivity contribution is 7.90. The lowest BCUT2D eigenvalue weighted by Gasteiger charge is -2.28. The van der Waals surface area contributed by atoms with Crippen LogP contribution in [0, 0.1) is 0 Å². The molecule has 0 aromatic heterocycles. The predicted octanol–water partition coefficient (Wildman–Crippen LogP) is 1.98. The first-order valence-corrected chi connectivity index (χ1v) is 13.7. The van der Waals surface area contributed by atoms with Crippen molar-refractivity contribution in [3.05, 3.63) is 29.8 Å². The highest BCUT2D eigenvalue weighted by atomic mass is 32.2. The molecule has 1 heterocycles. The summed E-state index contributed by atoms with van der Waals surface area (Å²) in [7, 11) is -7.18. The third-order valence-electron chi connectivity index (χ3n) is 6.02. The summed E-state index contributed by atoms with van der Waals surface area (Å²) >= 11 is 0. The molecule has 9 heteroatoms. The smallest absolute Gasteiger partial charge is 0.243 e. The summed E-state index contributed by atoms with van der Waals surface area (Å²) in [4.78, 5) is 0.235. The molecule has 7 nitrogen and oxygen atoms in total. The lowest BCUT2D eigenvalue weighted by atomic mass is 9.84. The Hall–Kier alpha value is -1.00. The summed E-state index contributed by atoms with van der Waals surface area (Å²) in [5.74, 6) is 0.326. The van der Waals surface area contributed by atoms with Gasteiger partial charge in [-0.15, -0.1) is 0 Å². The molecule has 0 atom stereocenters. The van der Waals surface area contributed by atoms with E-state index in [2.05, 4.69) is 5.32 Å². The molecule has 2 fully saturated rings. The van der Waals surface area contributed by atoms with Crippen LogP contribution in [-0.2, 0) is 20.0 Å². The van der Waals surface area contributed by atoms with E-state index in [0.717, 1.165) is 12.8 Å². The molecular formula is C20H33N3O4S2. The maximum Gasteiger partial charge on any atom is 0.243 e. The summed E-state index contributed by atoms with van der Waals surface area (Å²) in [6.07, 6.45) is 6.07. The Bertz CT molecular complexity index is 857. The summed E-state index contributed by atoms with van der Waals surface area (Å²) in [6.45, 7) is 4.07. The van der Waals surface area contributed by atoms with Gasteiger partial charge < -0.3 is 5.32 Å². The SMILES string of the molecule is CCN(CCS(=O)(=O)N1CCNCC1)S(=O)(=O)c1ccc(C2CCCCC2)cc1. The number of nitrogens with zero attached hydrogens (tertiary/aromatic N) is 2. The van der Waals surface area contributed by atoms with Crippen molar-refractivity contribution < 1.29 is 16.8 Å². The Balaban J connectivity index is 1.67. The Morgan fingerprint density at radius 3 is 2.21 bits per heavy atom. The maximum atomic E-state index is 13.1. The predicted molar refractivity (Wildman–Crippen MR) is 115 cm³/mol. The van der Waals surface area contributed by atoms with Gasteiger partial charge in [0.1, 0.15) is 0 Å². The van der Waals surface area contributed by atoms with Gasteiger partial charge in [0, 0.05) is 39.3 Å². The van der Waals surface area contributed by atoms with Gasteiger partial charge in [-0.3, -0.25) is 0 Å². The van der Waals surface area contributed by atoms with Crippen LogP contribution in [0.15, 0.2) is 29.2 Å². The minimum Gasteiger partial charge on any atom is -0.314 e. The number of benzene rings is 1. The molecule has 0 unspecified atom stereocenters. The monoisotopic (exact) mass is 443 g/mol. The molecule has 1 aromatic carbocycles. The van der Waals surface area contributed by atoms with Crippen LogP contribution in [0.25, 0.3) is 0 Å². The molecule has 3 rings (SSSR count). The quantitative estimate of drug-likeness (QED) is 0.664. The van der Waals surface area contributed by atoms with Crippen molar-refractivity contribution in [1.29, 1.82) is 0 Å². The number of hydrogen-bond acceptors (Lipinski definition) is 5. The number of sulfonamides is 2. The number of hydrogen-bond donors (Lipinski definition) is 1. The molecule has 1 aliphatic carbocycles. The highest BCUT2D eigenvalue weighted by Gasteiger charge is 2.28. The first-order valence-electron chi connectivity index (χ1n) is 10.6. The van der Waals surface area contributed by atoms with Crippen LogP contribution in [0.1, 0.15) is 50.5 Å². The molecule has 1 saturated heterocycles. The van der Waals surface area contributed by atoms with Crippen LogP contribution in [0.3, 0.4) is 0 Å². The molecule has 0 radical (unpaired) electrons. The second kappa shape index (κ2) is 9.87. The zero-order valence-corrected chi connectivity index (χ0v) is 18.8. The molecule has 29 heavy (non-hydrogen) atoms. The van der Waals surface area contributed by atoms with E-state index in [-0.39, 0.29) is 23.7 Å². The van der Waals surface area contributed by atoms with Crippen molar-refractivity contribution in [1.82, 2.24) is 13.9 Å². The topological polar surface area (TPSA) is 86.8 Å². The molecule has 0 spiro atoms. The molecule has 1 N–H and O–H groups in total. The van der Waals surface area contributed by atoms with Gasteiger partial charge in [-0.05, 0) is 36.5 Å². The van der Waals surface area contributed by atoms with E-state index in [4.69, 9.17) is 0 Å². The number of nitrogens with one attached hydrogen (secondary N) is 1. The Morgan fingerprint density at radius 2 is 1.62 bits per heavy atom. The Morgan fingerprint density at radius 1 is 1.00 bits per heavy atom. The van der Waals surface area contributed by atoms with E-state index in [9.17, 15) is 16.8 Å². The Labute approximate surface area is 175 Å². The van der Waals surface area contributed by atoms with Crippen molar-refractivity contribution in [2.75, 3.05) is 45.0 Å². The van der Waals surface area contributed by atoms with Crippen molar-refractivity contribution in [2.45, 2.75) is 49.8 Å². The van der Waals surface area contributed by atoms with Gasteiger partial charge in [-0.1, -0.05) is 38.3 Å². The van der Waals surface area contributed by atoms with Gasteiger partial charge in [-0.2, -0.15) is 8.61 Å². The minimum absolute atomic E-state index is 0.0323. The fourth-order valence-corrected chi connectivity index (χ4v) is 7.23. The standard InChI is InChI=1S/C20H33N3O4S2/c1-2-22(16-17-28(24,25)23-14-12-21-13-15-23)29(26,27)20-10-8-19(9-11-20)18-6-4-3-5-7-18/h8-11,18,21H,2-7,12-17H2,1H3. The van der Waals surface area contributed by atoms with Crippen LogP contribution in [0.2, 0.25) is 0 Å². The fraction of sp³-hybridized carbons (Fsp3) is 0.700. The first-order chi connectivity index (χ1) is 13.8. The molecule has 0 bridgehead atoms. The number of rotatable bonds is 8. The van der Waals surface area contributed by atoms with Gasteiger partial charge in [0.05, 0.1) is 10.6 Å². The first kappa shape index (κ1) is 22.7. The number of piperazine rings is 1. The van der Waals surface area contributed by atoms with E-state index in [0.29, 0.717) is 32.1 Å². The van der Waals surface area contributed by atoms with Gasteiger partial charge in [0.25, 0.3) is 0 Å². The van der Waals surface area contributed by atoms with Crippen molar-refractivity contribution in [3.8, 4) is 0 Å². The van der Waals surface area contributed by atoms with E-state index in [1.807, 2.05) is 12.1 Å². The van der Waals surface area contributed by atoms with Crippen LogP contribution >= 0.6 is 0 Å². The largest absolute Gasteiger partial charge is 0.314 e. The average molecular weight is 444 g/mol. The maximum absolute atomic E-state index is 13.1. The molecule has 164 valence electrons. The van der Waals surface area contributed by atoms with Crippen molar-refractivity contribution in [2.24, 2.45) is 0 Å². The van der Waals surface area contributed by atoms with Gasteiger partial charge >= 0.3 is 0 Å². The van der Waals surface area contributed by atoms with Crippen LogP contribution in [0.5, 0.6) is 0 Å². The Kier molecular flexibility index (Phi) is 7.72. The van der Waals surface area contributed by atoms with Crippen molar-refractivity contribution in [3.63, 3.8) is 0 Å². The molecule has 2 aliphatic rings. The van der Waals surface area contributed by atoms with Crippen LogP contribution < -0.4 is 5.32 Å². The van der Waals surface area contributed by atoms with Gasteiger partial charge in [0.2, 0.25) is 20.0 Å². The zero-order valence-electron chi connectivity index (χ0n) is 17.2. The van der Waals surface area contributed by atoms with Gasteiger partial charge in [0.15, 0.2) is 0 Å². The van der Waals surface area contributed by atoms with Crippen LogP contribution in [-0.4, -0.2) is 70.5 Å². The van der Waals surface area contributed by atoms with E-state index < -0.39 is 20.0 Å². The lowest BCUT2D eigenvalue weighted by Crippen LogP contribution is -2.48. The normalized spacial score (nSPS) is 20.2. The summed E-state index contributed by atoms with van der Waals surface area (Å²) < 4.78 is 53.9. The van der Waals surface area contributed by atoms with Crippen LogP contribution in [0.4, 0.5) is 0 Å². The minimum atomic E-state index is -3.71. The summed E-state index contributed by atoms with van der Waals surface area (Å²) in [6, 6.07) is 7.20. The molecule has 1 saturated carbocycles.